The van der Waals surface area contributed by atoms with Gasteiger partial charge in [-0.3, -0.25) is 0 Å². The topological polar surface area (TPSA) is 18.5 Å². The Morgan fingerprint density at radius 2 is 1.14 bits per heavy atom. The number of benzene rings is 2. The van der Waals surface area contributed by atoms with Crippen molar-refractivity contribution in [2.24, 2.45) is 0 Å². The highest BCUT2D eigenvalue weighted by atomic mass is 16.6. The lowest BCUT2D eigenvalue weighted by atomic mass is 9.64. The summed E-state index contributed by atoms with van der Waals surface area (Å²) in [6, 6.07) is 19.9. The lowest BCUT2D eigenvalue weighted by Gasteiger charge is -2.27. The molecule has 3 rings (SSSR count). The van der Waals surface area contributed by atoms with Gasteiger partial charge in [-0.05, 0) is 37.1 Å². The Labute approximate surface area is 127 Å². The van der Waals surface area contributed by atoms with Crippen LogP contribution in [-0.2, 0) is 0 Å². The highest BCUT2D eigenvalue weighted by Crippen LogP contribution is 2.33. The van der Waals surface area contributed by atoms with Crippen LogP contribution in [0.5, 0.6) is 11.5 Å². The van der Waals surface area contributed by atoms with Crippen molar-refractivity contribution in [3.8, 4) is 11.5 Å². The van der Waals surface area contributed by atoms with Crippen molar-refractivity contribution in [1.29, 1.82) is 0 Å². The van der Waals surface area contributed by atoms with Gasteiger partial charge in [-0.2, -0.15) is 0 Å². The smallest absolute Gasteiger partial charge is 0.526 e. The molecule has 0 spiro atoms. The summed E-state index contributed by atoms with van der Waals surface area (Å²) in [5.41, 5.74) is 0. The van der Waals surface area contributed by atoms with E-state index < -0.39 is 0 Å². The molecule has 1 aliphatic carbocycles. The highest BCUT2D eigenvalue weighted by molar-refractivity contribution is 6.48. The summed E-state index contributed by atoms with van der Waals surface area (Å²) < 4.78 is 12.3. The van der Waals surface area contributed by atoms with E-state index in [2.05, 4.69) is 0 Å². The predicted octanol–water partition coefficient (Wildman–Crippen LogP) is 4.97. The molecule has 2 aromatic rings. The van der Waals surface area contributed by atoms with Crippen molar-refractivity contribution in [2.45, 2.75) is 37.9 Å². The van der Waals surface area contributed by atoms with Crippen LogP contribution in [0, 0.1) is 0 Å². The summed E-state index contributed by atoms with van der Waals surface area (Å²) in [5, 5.41) is 0. The van der Waals surface area contributed by atoms with Crippen molar-refractivity contribution >= 4 is 7.12 Å². The quantitative estimate of drug-likeness (QED) is 0.720. The van der Waals surface area contributed by atoms with Gasteiger partial charge in [0.15, 0.2) is 0 Å². The Morgan fingerprint density at radius 1 is 0.667 bits per heavy atom. The van der Waals surface area contributed by atoms with E-state index in [0.29, 0.717) is 5.82 Å². The molecular formula is C18H21BO2. The maximum atomic E-state index is 6.14. The molecule has 0 bridgehead atoms. The van der Waals surface area contributed by atoms with Crippen LogP contribution in [0.1, 0.15) is 32.1 Å². The van der Waals surface area contributed by atoms with E-state index in [1.54, 1.807) is 0 Å². The van der Waals surface area contributed by atoms with Gasteiger partial charge in [0.05, 0.1) is 0 Å². The van der Waals surface area contributed by atoms with Crippen molar-refractivity contribution < 1.29 is 9.31 Å². The van der Waals surface area contributed by atoms with Crippen LogP contribution in [-0.4, -0.2) is 7.12 Å². The van der Waals surface area contributed by atoms with Crippen LogP contribution < -0.4 is 9.31 Å². The second-order valence-corrected chi connectivity index (χ2v) is 5.63. The zero-order chi connectivity index (χ0) is 14.3. The number of para-hydroxylation sites is 2. The normalized spacial score (nSPS) is 15.4. The van der Waals surface area contributed by atoms with Gasteiger partial charge in [-0.25, -0.2) is 0 Å². The standard InChI is InChI=1S/C18H21BO2/c1-4-10-16(11-5-1)19(20-17-12-6-2-7-13-17)21-18-14-8-3-9-15-18/h2-3,6-9,12-16H,1,4-5,10-11H2. The Bertz CT molecular complexity index is 482. The summed E-state index contributed by atoms with van der Waals surface area (Å²) in [4.78, 5) is 0. The van der Waals surface area contributed by atoms with Gasteiger partial charge in [-0.15, -0.1) is 0 Å². The van der Waals surface area contributed by atoms with Gasteiger partial charge in [0.1, 0.15) is 11.5 Å². The zero-order valence-corrected chi connectivity index (χ0v) is 12.3. The summed E-state index contributed by atoms with van der Waals surface area (Å²) in [5.74, 6) is 2.23. The van der Waals surface area contributed by atoms with E-state index in [0.717, 1.165) is 11.5 Å². The first-order valence-electron chi connectivity index (χ1n) is 7.85. The Morgan fingerprint density at radius 3 is 1.62 bits per heavy atom. The number of rotatable bonds is 5. The minimum Gasteiger partial charge on any atom is -0.526 e. The first-order valence-corrected chi connectivity index (χ1v) is 7.85. The summed E-state index contributed by atoms with van der Waals surface area (Å²) in [6.45, 7) is 0. The second kappa shape index (κ2) is 7.21. The van der Waals surface area contributed by atoms with E-state index in [4.69, 9.17) is 9.31 Å². The maximum Gasteiger partial charge on any atom is 0.598 e. The van der Waals surface area contributed by atoms with Crippen LogP contribution in [0.2, 0.25) is 5.82 Å². The van der Waals surface area contributed by atoms with E-state index in [1.165, 1.54) is 32.1 Å². The van der Waals surface area contributed by atoms with E-state index in [1.807, 2.05) is 60.7 Å². The lowest BCUT2D eigenvalue weighted by Crippen LogP contribution is -2.36. The third-order valence-corrected chi connectivity index (χ3v) is 4.03. The average molecular weight is 280 g/mol. The molecule has 2 aromatic carbocycles. The average Bonchev–Trinajstić information content (AvgIpc) is 2.57. The molecule has 108 valence electrons. The molecule has 0 radical (unpaired) electrons. The van der Waals surface area contributed by atoms with E-state index >= 15 is 0 Å². The fourth-order valence-electron chi connectivity index (χ4n) is 2.89. The van der Waals surface area contributed by atoms with Crippen molar-refractivity contribution in [1.82, 2.24) is 0 Å². The van der Waals surface area contributed by atoms with Crippen LogP contribution >= 0.6 is 0 Å². The third-order valence-electron chi connectivity index (χ3n) is 4.03. The number of hydrogen-bond donors (Lipinski definition) is 0. The monoisotopic (exact) mass is 280 g/mol. The van der Waals surface area contributed by atoms with Gasteiger partial charge in [-0.1, -0.05) is 55.7 Å². The molecule has 0 saturated heterocycles. The summed E-state index contributed by atoms with van der Waals surface area (Å²) in [6.07, 6.45) is 6.25. The van der Waals surface area contributed by atoms with Gasteiger partial charge < -0.3 is 9.31 Å². The van der Waals surface area contributed by atoms with E-state index in [-0.39, 0.29) is 7.12 Å². The van der Waals surface area contributed by atoms with Crippen LogP contribution in [0.3, 0.4) is 0 Å². The summed E-state index contributed by atoms with van der Waals surface area (Å²) >= 11 is 0. The third kappa shape index (κ3) is 4.04. The van der Waals surface area contributed by atoms with Gasteiger partial charge in [0.2, 0.25) is 0 Å². The van der Waals surface area contributed by atoms with Gasteiger partial charge in [0, 0.05) is 5.82 Å². The first-order chi connectivity index (χ1) is 10.4. The van der Waals surface area contributed by atoms with Crippen molar-refractivity contribution in [3.63, 3.8) is 0 Å². The Kier molecular flexibility index (Phi) is 4.83. The largest absolute Gasteiger partial charge is 0.598 e. The fraction of sp³-hybridized carbons (Fsp3) is 0.333. The maximum absolute atomic E-state index is 6.14. The lowest BCUT2D eigenvalue weighted by molar-refractivity contribution is 0.366. The highest BCUT2D eigenvalue weighted by Gasteiger charge is 2.35. The van der Waals surface area contributed by atoms with Gasteiger partial charge >= 0.3 is 7.12 Å². The molecule has 0 aliphatic heterocycles. The molecule has 2 nitrogen and oxygen atoms in total. The molecule has 1 fully saturated rings. The van der Waals surface area contributed by atoms with Crippen molar-refractivity contribution in [3.05, 3.63) is 60.7 Å². The predicted molar refractivity (Wildman–Crippen MR) is 86.7 cm³/mol. The molecule has 1 aliphatic rings. The van der Waals surface area contributed by atoms with E-state index in [9.17, 15) is 0 Å². The molecule has 0 amide bonds. The zero-order valence-electron chi connectivity index (χ0n) is 12.3. The first kappa shape index (κ1) is 14.1. The summed E-state index contributed by atoms with van der Waals surface area (Å²) in [7, 11) is -0.199. The van der Waals surface area contributed by atoms with Crippen LogP contribution in [0.4, 0.5) is 0 Å². The molecule has 0 N–H and O–H groups in total. The molecule has 0 heterocycles. The fourth-order valence-corrected chi connectivity index (χ4v) is 2.89. The molecule has 21 heavy (non-hydrogen) atoms. The molecule has 3 heteroatoms. The molecule has 0 unspecified atom stereocenters. The minimum absolute atomic E-state index is 0.199. The molecular weight excluding hydrogens is 259 g/mol. The number of hydrogen-bond acceptors (Lipinski definition) is 2. The molecule has 0 aromatic heterocycles. The molecule has 0 atom stereocenters. The van der Waals surface area contributed by atoms with Crippen LogP contribution in [0.25, 0.3) is 0 Å². The second-order valence-electron chi connectivity index (χ2n) is 5.63. The Hall–Kier alpha value is -1.90. The minimum atomic E-state index is -0.199. The Balaban J connectivity index is 1.73. The van der Waals surface area contributed by atoms with Gasteiger partial charge in [0.25, 0.3) is 0 Å². The SMILES string of the molecule is c1ccc(OB(Oc2ccccc2)C2CCCCC2)cc1. The van der Waals surface area contributed by atoms with Crippen molar-refractivity contribution in [2.75, 3.05) is 0 Å². The molecule has 1 saturated carbocycles. The van der Waals surface area contributed by atoms with Crippen LogP contribution in [0.15, 0.2) is 60.7 Å².